The van der Waals surface area contributed by atoms with Gasteiger partial charge in [0, 0.05) is 16.3 Å². The fourth-order valence-corrected chi connectivity index (χ4v) is 2.01. The molecule has 2 aromatic rings. The van der Waals surface area contributed by atoms with Crippen molar-refractivity contribution in [3.05, 3.63) is 41.2 Å². The van der Waals surface area contributed by atoms with Gasteiger partial charge in [-0.25, -0.2) is 4.98 Å². The molecule has 0 unspecified atom stereocenters. The van der Waals surface area contributed by atoms with E-state index in [0.717, 1.165) is 11.3 Å². The van der Waals surface area contributed by atoms with E-state index in [1.165, 1.54) is 11.8 Å². The van der Waals surface area contributed by atoms with Crippen LogP contribution in [0.2, 0.25) is 5.02 Å². The van der Waals surface area contributed by atoms with E-state index in [-0.39, 0.29) is 0 Å². The average Bonchev–Trinajstić information content (AvgIpc) is 2.84. The molecule has 0 aliphatic rings. The third kappa shape index (κ3) is 3.18. The van der Waals surface area contributed by atoms with Crippen molar-refractivity contribution >= 4 is 28.5 Å². The van der Waals surface area contributed by atoms with Crippen LogP contribution >= 0.6 is 23.4 Å². The van der Waals surface area contributed by atoms with Crippen LogP contribution in [0.5, 0.6) is 0 Å². The summed E-state index contributed by atoms with van der Waals surface area (Å²) in [5.74, 6) is 6.11. The van der Waals surface area contributed by atoms with E-state index in [9.17, 15) is 0 Å². The number of thioether (sulfide) groups is 1. The molecule has 18 heavy (non-hydrogen) atoms. The Hall–Kier alpha value is -1.66. The lowest BCUT2D eigenvalue weighted by molar-refractivity contribution is 0.573. The van der Waals surface area contributed by atoms with Crippen LogP contribution in [0, 0.1) is 0 Å². The molecule has 0 bridgehead atoms. The molecule has 0 fully saturated rings. The Morgan fingerprint density at radius 2 is 2.33 bits per heavy atom. The number of benzene rings is 1. The highest BCUT2D eigenvalue weighted by Crippen LogP contribution is 2.23. The predicted molar refractivity (Wildman–Crippen MR) is 74.1 cm³/mol. The van der Waals surface area contributed by atoms with Gasteiger partial charge < -0.3 is 16.0 Å². The zero-order chi connectivity index (χ0) is 13.0. The van der Waals surface area contributed by atoms with Gasteiger partial charge in [0.15, 0.2) is 5.17 Å². The van der Waals surface area contributed by atoms with Gasteiger partial charge in [0.25, 0.3) is 0 Å². The number of hydrazone groups is 1. The standard InChI is InChI=1S/C11H11ClN4OS/c12-8-3-1-2-7(4-8)10-15-9(5-17-10)6-18-11(13)16-14/h1-5H,6,14H2,(H2,13,16). The zero-order valence-corrected chi connectivity index (χ0v) is 10.9. The minimum absolute atomic E-state index is 0.308. The summed E-state index contributed by atoms with van der Waals surface area (Å²) >= 11 is 7.20. The van der Waals surface area contributed by atoms with Crippen molar-refractivity contribution < 1.29 is 4.42 Å². The molecule has 0 saturated carbocycles. The number of amidine groups is 1. The van der Waals surface area contributed by atoms with Crippen LogP contribution in [-0.2, 0) is 5.75 Å². The molecule has 0 aliphatic heterocycles. The van der Waals surface area contributed by atoms with E-state index in [0.29, 0.717) is 21.8 Å². The first-order chi connectivity index (χ1) is 8.69. The van der Waals surface area contributed by atoms with Gasteiger partial charge in [-0.05, 0) is 18.2 Å². The minimum atomic E-state index is 0.308. The van der Waals surface area contributed by atoms with Gasteiger partial charge in [-0.2, -0.15) is 5.10 Å². The Morgan fingerprint density at radius 3 is 3.06 bits per heavy atom. The van der Waals surface area contributed by atoms with E-state index in [1.54, 1.807) is 18.4 Å². The lowest BCUT2D eigenvalue weighted by Crippen LogP contribution is -2.09. The summed E-state index contributed by atoms with van der Waals surface area (Å²) in [7, 11) is 0. The molecule has 0 radical (unpaired) electrons. The first kappa shape index (κ1) is 12.8. The smallest absolute Gasteiger partial charge is 0.226 e. The van der Waals surface area contributed by atoms with Crippen molar-refractivity contribution in [2.24, 2.45) is 16.7 Å². The largest absolute Gasteiger partial charge is 0.444 e. The SMILES string of the molecule is NN=C(N)SCc1coc(-c2cccc(Cl)c2)n1. The lowest BCUT2D eigenvalue weighted by Gasteiger charge is -1.96. The molecule has 1 heterocycles. The molecule has 0 spiro atoms. The van der Waals surface area contributed by atoms with E-state index < -0.39 is 0 Å². The highest BCUT2D eigenvalue weighted by atomic mass is 35.5. The second-order valence-electron chi connectivity index (χ2n) is 3.41. The van der Waals surface area contributed by atoms with Gasteiger partial charge in [0.05, 0.1) is 5.69 Å². The molecule has 0 amide bonds. The van der Waals surface area contributed by atoms with Crippen LogP contribution in [0.3, 0.4) is 0 Å². The van der Waals surface area contributed by atoms with Crippen molar-refractivity contribution in [3.63, 3.8) is 0 Å². The van der Waals surface area contributed by atoms with Crippen molar-refractivity contribution in [2.75, 3.05) is 0 Å². The summed E-state index contributed by atoms with van der Waals surface area (Å²) in [6, 6.07) is 7.31. The quantitative estimate of drug-likeness (QED) is 0.390. The molecule has 0 saturated heterocycles. The average molecular weight is 283 g/mol. The molecular weight excluding hydrogens is 272 g/mol. The monoisotopic (exact) mass is 282 g/mol. The molecule has 5 nitrogen and oxygen atoms in total. The van der Waals surface area contributed by atoms with Crippen LogP contribution < -0.4 is 11.6 Å². The summed E-state index contributed by atoms with van der Waals surface area (Å²) in [6.07, 6.45) is 1.58. The van der Waals surface area contributed by atoms with Crippen LogP contribution in [0.1, 0.15) is 5.69 Å². The Morgan fingerprint density at radius 1 is 1.50 bits per heavy atom. The molecule has 4 N–H and O–H groups in total. The van der Waals surface area contributed by atoms with Gasteiger partial charge in [-0.1, -0.05) is 29.4 Å². The van der Waals surface area contributed by atoms with Gasteiger partial charge >= 0.3 is 0 Å². The number of nitrogens with zero attached hydrogens (tertiary/aromatic N) is 2. The maximum absolute atomic E-state index is 5.90. The number of hydrogen-bond acceptors (Lipinski definition) is 5. The molecule has 2 rings (SSSR count). The first-order valence-corrected chi connectivity index (χ1v) is 6.42. The second kappa shape index (κ2) is 5.79. The van der Waals surface area contributed by atoms with Gasteiger partial charge in [-0.3, -0.25) is 0 Å². The van der Waals surface area contributed by atoms with Crippen molar-refractivity contribution in [1.82, 2.24) is 4.98 Å². The van der Waals surface area contributed by atoms with E-state index >= 15 is 0 Å². The Labute approximate surface area is 113 Å². The van der Waals surface area contributed by atoms with E-state index in [2.05, 4.69) is 10.1 Å². The van der Waals surface area contributed by atoms with Crippen molar-refractivity contribution in [1.29, 1.82) is 0 Å². The number of hydrogen-bond donors (Lipinski definition) is 2. The number of rotatable bonds is 3. The first-order valence-electron chi connectivity index (χ1n) is 5.05. The fraction of sp³-hybridized carbons (Fsp3) is 0.0909. The zero-order valence-electron chi connectivity index (χ0n) is 9.34. The normalized spacial score (nSPS) is 11.7. The van der Waals surface area contributed by atoms with Gasteiger partial charge in [-0.15, -0.1) is 0 Å². The van der Waals surface area contributed by atoms with Crippen LogP contribution in [0.4, 0.5) is 0 Å². The summed E-state index contributed by atoms with van der Waals surface area (Å²) in [5.41, 5.74) is 7.07. The molecule has 7 heteroatoms. The van der Waals surface area contributed by atoms with Crippen molar-refractivity contribution in [2.45, 2.75) is 5.75 Å². The van der Waals surface area contributed by atoms with Crippen molar-refractivity contribution in [3.8, 4) is 11.5 Å². The van der Waals surface area contributed by atoms with Crippen LogP contribution in [0.15, 0.2) is 40.0 Å². The summed E-state index contributed by atoms with van der Waals surface area (Å²) in [4.78, 5) is 4.33. The minimum Gasteiger partial charge on any atom is -0.444 e. The topological polar surface area (TPSA) is 90.4 Å². The maximum atomic E-state index is 5.90. The Kier molecular flexibility index (Phi) is 4.11. The highest BCUT2D eigenvalue weighted by Gasteiger charge is 2.07. The van der Waals surface area contributed by atoms with E-state index in [4.69, 9.17) is 27.6 Å². The van der Waals surface area contributed by atoms with E-state index in [1.807, 2.05) is 12.1 Å². The fourth-order valence-electron chi connectivity index (χ4n) is 1.31. The number of oxazole rings is 1. The maximum Gasteiger partial charge on any atom is 0.226 e. The third-order valence-corrected chi connectivity index (χ3v) is 3.19. The summed E-state index contributed by atoms with van der Waals surface area (Å²) < 4.78 is 5.38. The van der Waals surface area contributed by atoms with Gasteiger partial charge in [0.1, 0.15) is 6.26 Å². The molecular formula is C11H11ClN4OS. The lowest BCUT2D eigenvalue weighted by atomic mass is 10.2. The molecule has 0 aliphatic carbocycles. The molecule has 0 atom stereocenters. The van der Waals surface area contributed by atoms with Gasteiger partial charge in [0.2, 0.25) is 5.89 Å². The van der Waals surface area contributed by atoms with Crippen LogP contribution in [-0.4, -0.2) is 10.2 Å². The number of halogens is 1. The summed E-state index contributed by atoms with van der Waals surface area (Å²) in [5, 5.41) is 4.31. The number of aromatic nitrogens is 1. The second-order valence-corrected chi connectivity index (χ2v) is 4.84. The number of nitrogens with two attached hydrogens (primary N) is 2. The van der Waals surface area contributed by atoms with Crippen LogP contribution in [0.25, 0.3) is 11.5 Å². The Bertz CT molecular complexity index is 570. The molecule has 94 valence electrons. The highest BCUT2D eigenvalue weighted by molar-refractivity contribution is 8.13. The third-order valence-electron chi connectivity index (χ3n) is 2.12. The Balaban J connectivity index is 2.11. The molecule has 1 aromatic carbocycles. The molecule has 1 aromatic heterocycles. The predicted octanol–water partition coefficient (Wildman–Crippen LogP) is 2.42. The summed E-state index contributed by atoms with van der Waals surface area (Å²) in [6.45, 7) is 0.